The first-order chi connectivity index (χ1) is 22.7. The maximum Gasteiger partial charge on any atom is 3.00 e. The molecule has 1 radical (unpaired) electrons. The topological polar surface area (TPSA) is 0 Å². The van der Waals surface area contributed by atoms with E-state index in [9.17, 15) is 0 Å². The molecule has 6 aliphatic carbocycles. The van der Waals surface area contributed by atoms with E-state index in [1.54, 1.807) is 0 Å². The maximum atomic E-state index is 2.76. The minimum atomic E-state index is -0.221. The van der Waals surface area contributed by atoms with Crippen LogP contribution in [0, 0.1) is 44.3 Å². The van der Waals surface area contributed by atoms with Crippen LogP contribution in [0.25, 0.3) is 5.57 Å². The summed E-state index contributed by atoms with van der Waals surface area (Å²) in [7, 11) is 0. The monoisotopic (exact) mass is 787 g/mol. The Kier molecular flexibility index (Phi) is 9.94. The van der Waals surface area contributed by atoms with Gasteiger partial charge >= 0.3 is 26.2 Å². The smallest absolute Gasteiger partial charge is 1.00 e. The number of fused-ring (bicyclic) bond motifs is 8. The molecule has 7 unspecified atom stereocenters. The van der Waals surface area contributed by atoms with Crippen LogP contribution >= 0.6 is 0 Å². The number of rotatable bonds is 3. The predicted octanol–water partition coefficient (Wildman–Crippen LogP) is 6.55. The third kappa shape index (κ3) is 4.44. The fourth-order valence-corrected chi connectivity index (χ4v) is 12.2. The molecule has 0 saturated heterocycles. The summed E-state index contributed by atoms with van der Waals surface area (Å²) in [6.45, 7) is 22.9. The van der Waals surface area contributed by atoms with Crippen molar-refractivity contribution >= 4 is 5.57 Å². The van der Waals surface area contributed by atoms with Crippen LogP contribution in [0.4, 0.5) is 0 Å². The largest absolute Gasteiger partial charge is 3.00 e. The summed E-state index contributed by atoms with van der Waals surface area (Å²) >= 11 is 0. The molecule has 2 aromatic carbocycles. The molecule has 0 aromatic heterocycles. The molecule has 2 saturated carbocycles. The Morgan fingerprint density at radius 1 is 0.608 bits per heavy atom. The maximum absolute atomic E-state index is 2.76. The van der Waals surface area contributed by atoms with Gasteiger partial charge in [0.15, 0.2) is 0 Å². The van der Waals surface area contributed by atoms with Crippen molar-refractivity contribution in [2.75, 3.05) is 0 Å². The molecule has 0 N–H and O–H groups in total. The minimum absolute atomic E-state index is 0. The molecule has 0 amide bonds. The van der Waals surface area contributed by atoms with E-state index >= 15 is 0 Å². The first kappa shape index (κ1) is 39.6. The van der Waals surface area contributed by atoms with Crippen molar-refractivity contribution in [3.05, 3.63) is 178 Å². The van der Waals surface area contributed by atoms with E-state index in [1.807, 2.05) is 0 Å². The molecule has 2 fully saturated rings. The van der Waals surface area contributed by atoms with Gasteiger partial charge in [-0.15, -0.1) is 0 Å². The van der Waals surface area contributed by atoms with Crippen LogP contribution in [0.2, 0.25) is 0 Å². The summed E-state index contributed by atoms with van der Waals surface area (Å²) in [6.07, 6.45) is 30.8. The summed E-state index contributed by atoms with van der Waals surface area (Å²) in [6, 6.07) is 22.2. The molecule has 0 bridgehead atoms. The van der Waals surface area contributed by atoms with E-state index in [2.05, 4.69) is 196 Å². The second kappa shape index (κ2) is 12.8. The Hall–Kier alpha value is -2.57. The predicted molar refractivity (Wildman–Crippen MR) is 204 cm³/mol. The average molecular weight is 790 g/mol. The summed E-state index contributed by atoms with van der Waals surface area (Å²) < 4.78 is 0. The third-order valence-electron chi connectivity index (χ3n) is 15.8. The van der Waals surface area contributed by atoms with Gasteiger partial charge in [-0.3, -0.25) is 0 Å². The Morgan fingerprint density at radius 2 is 1.08 bits per heavy atom. The molecule has 51 heavy (non-hydrogen) atoms. The Balaban J connectivity index is 0.00000168. The molecular formula is C48H51Cl2Zr. The number of hydrogen-bond acceptors (Lipinski definition) is 0. The van der Waals surface area contributed by atoms with E-state index in [4.69, 9.17) is 0 Å². The van der Waals surface area contributed by atoms with Gasteiger partial charge in [-0.25, -0.2) is 12.0 Å². The van der Waals surface area contributed by atoms with Crippen molar-refractivity contribution in [3.8, 4) is 0 Å². The van der Waals surface area contributed by atoms with Gasteiger partial charge in [0.25, 0.3) is 0 Å². The van der Waals surface area contributed by atoms with Crippen molar-refractivity contribution in [3.63, 3.8) is 0 Å². The van der Waals surface area contributed by atoms with Crippen LogP contribution < -0.4 is 24.8 Å². The summed E-state index contributed by atoms with van der Waals surface area (Å²) in [4.78, 5) is 0. The standard InChI is InChI=1S/C48H51.2ClH.Zr/c1-33-24-25-37(30-33)40-34(2)47(8)38(31-39(40)41(35-20-12-10-13-21-35)36-22-14-11-15-23-36)32-46(7)44(5)28-17-16-26-42(44,3)43(4)27-18-19-29-45(43,6)48(46,47)9;;;/h10-24,26-32H,25H2,1-9H3;2*1H;/q-1;;;+3/p-2. The zero-order chi connectivity index (χ0) is 34.0. The molecule has 2 aromatic rings. The van der Waals surface area contributed by atoms with Gasteiger partial charge in [0.2, 0.25) is 0 Å². The van der Waals surface area contributed by atoms with E-state index in [1.165, 1.54) is 50.1 Å². The van der Waals surface area contributed by atoms with E-state index < -0.39 is 0 Å². The van der Waals surface area contributed by atoms with Crippen LogP contribution in [-0.4, -0.2) is 0 Å². The number of halogens is 2. The minimum Gasteiger partial charge on any atom is -1.00 e. The zero-order valence-corrected chi connectivity index (χ0v) is 35.6. The van der Waals surface area contributed by atoms with Gasteiger partial charge in [-0.05, 0) is 64.4 Å². The quantitative estimate of drug-likeness (QED) is 0.310. The normalized spacial score (nSPS) is 38.0. The van der Waals surface area contributed by atoms with Crippen molar-refractivity contribution in [1.29, 1.82) is 0 Å². The molecule has 0 spiro atoms. The van der Waals surface area contributed by atoms with Crippen LogP contribution in [0.3, 0.4) is 0 Å². The summed E-state index contributed by atoms with van der Waals surface area (Å²) in [5.41, 5.74) is 11.4. The molecule has 261 valence electrons. The van der Waals surface area contributed by atoms with Crippen LogP contribution in [-0.2, 0) is 26.2 Å². The van der Waals surface area contributed by atoms with E-state index in [0.29, 0.717) is 0 Å². The third-order valence-corrected chi connectivity index (χ3v) is 15.8. The van der Waals surface area contributed by atoms with Gasteiger partial charge in [-0.2, -0.15) is 6.08 Å². The van der Waals surface area contributed by atoms with Gasteiger partial charge in [-0.1, -0.05) is 192 Å². The second-order valence-electron chi connectivity index (χ2n) is 16.8. The first-order valence-corrected chi connectivity index (χ1v) is 18.0. The molecule has 3 heteroatoms. The molecule has 0 aliphatic heterocycles. The summed E-state index contributed by atoms with van der Waals surface area (Å²) in [5.74, 6) is 0. The molecule has 8 rings (SSSR count). The number of benzene rings is 2. The molecule has 0 heterocycles. The second-order valence-corrected chi connectivity index (χ2v) is 16.8. The van der Waals surface area contributed by atoms with Gasteiger partial charge in [0, 0.05) is 16.2 Å². The van der Waals surface area contributed by atoms with Crippen LogP contribution in [0.1, 0.15) is 79.9 Å². The molecule has 6 aliphatic rings. The Labute approximate surface area is 339 Å². The van der Waals surface area contributed by atoms with Crippen LogP contribution in [0.15, 0.2) is 161 Å². The molecule has 0 nitrogen and oxygen atoms in total. The number of allylic oxidation sites excluding steroid dienone is 17. The Morgan fingerprint density at radius 3 is 1.57 bits per heavy atom. The van der Waals surface area contributed by atoms with Crippen molar-refractivity contribution in [1.82, 2.24) is 0 Å². The number of hydrogen-bond donors (Lipinski definition) is 0. The molecular weight excluding hydrogens is 739 g/mol. The first-order valence-electron chi connectivity index (χ1n) is 18.0. The van der Waals surface area contributed by atoms with Crippen molar-refractivity contribution in [2.24, 2.45) is 37.9 Å². The zero-order valence-electron chi connectivity index (χ0n) is 31.7. The van der Waals surface area contributed by atoms with Crippen molar-refractivity contribution < 1.29 is 51.0 Å². The van der Waals surface area contributed by atoms with E-state index in [0.717, 1.165) is 6.42 Å². The van der Waals surface area contributed by atoms with Gasteiger partial charge in [0.1, 0.15) is 0 Å². The van der Waals surface area contributed by atoms with Gasteiger partial charge in [0.05, 0.1) is 0 Å². The molecule has 7 atom stereocenters. The average Bonchev–Trinajstić information content (AvgIpc) is 3.59. The SMILES string of the molecule is CC1=CCC(C2=C(C)C3(C)C(=CC2=C(c2ccccc2)c2ccccc2)[CH-]C2(C)C4(C)C=CC=CC4(C)C4(C)C=CC=CC4(C)C32C)=C1.[Cl-].[Cl-].[Zr+3]. The Bertz CT molecular complexity index is 2000. The van der Waals surface area contributed by atoms with Gasteiger partial charge < -0.3 is 24.8 Å². The fraction of sp³-hybridized carbons (Fsp3) is 0.354. The fourth-order valence-electron chi connectivity index (χ4n) is 12.2. The van der Waals surface area contributed by atoms with Crippen LogP contribution in [0.5, 0.6) is 0 Å². The summed E-state index contributed by atoms with van der Waals surface area (Å²) in [5, 5.41) is 0. The van der Waals surface area contributed by atoms with E-state index in [-0.39, 0.29) is 88.9 Å². The van der Waals surface area contributed by atoms with Crippen molar-refractivity contribution in [2.45, 2.75) is 68.7 Å².